The van der Waals surface area contributed by atoms with E-state index >= 15 is 0 Å². The van der Waals surface area contributed by atoms with Gasteiger partial charge in [-0.05, 0) is 26.4 Å². The number of hydrogen-bond donors (Lipinski definition) is 3. The molecule has 0 amide bonds. The van der Waals surface area contributed by atoms with Gasteiger partial charge in [0, 0.05) is 25.2 Å². The molecule has 5 heterocycles. The monoisotopic (exact) mass is 389 g/mol. The molecule has 5 rings (SSSR count). The molecule has 3 aliphatic heterocycles. The SMILES string of the molecule is CN1CC2(CCCCN2C[C@H]2O[C@@H](n3cnc4c(N)ncnc43)[C@H](O)[C@@H]2O)C1. The second-order valence-electron chi connectivity index (χ2n) is 8.43. The van der Waals surface area contributed by atoms with Gasteiger partial charge in [-0.1, -0.05) is 6.42 Å². The van der Waals surface area contributed by atoms with Crippen molar-refractivity contribution in [3.05, 3.63) is 12.7 Å². The summed E-state index contributed by atoms with van der Waals surface area (Å²) in [7, 11) is 2.14. The highest BCUT2D eigenvalue weighted by molar-refractivity contribution is 5.81. The number of likely N-dealkylation sites (N-methyl/N-ethyl adjacent to an activating group) is 1. The second kappa shape index (κ2) is 6.60. The van der Waals surface area contributed by atoms with Crippen LogP contribution in [0.15, 0.2) is 12.7 Å². The van der Waals surface area contributed by atoms with Gasteiger partial charge < -0.3 is 25.6 Å². The van der Waals surface area contributed by atoms with E-state index in [9.17, 15) is 10.2 Å². The predicted molar refractivity (Wildman–Crippen MR) is 101 cm³/mol. The normalized spacial score (nSPS) is 33.5. The summed E-state index contributed by atoms with van der Waals surface area (Å²) >= 11 is 0. The molecule has 1 spiro atoms. The number of nitrogen functional groups attached to an aromatic ring is 1. The minimum absolute atomic E-state index is 0.183. The van der Waals surface area contributed by atoms with Gasteiger partial charge >= 0.3 is 0 Å². The molecule has 0 aliphatic carbocycles. The molecule has 0 saturated carbocycles. The third kappa shape index (κ3) is 2.71. The van der Waals surface area contributed by atoms with Crippen LogP contribution in [-0.2, 0) is 4.74 Å². The number of anilines is 1. The fourth-order valence-electron chi connectivity index (χ4n) is 5.14. The lowest BCUT2D eigenvalue weighted by atomic mass is 9.80. The lowest BCUT2D eigenvalue weighted by Gasteiger charge is -2.58. The van der Waals surface area contributed by atoms with Crippen LogP contribution in [-0.4, -0.2) is 96.6 Å². The zero-order valence-corrected chi connectivity index (χ0v) is 16.0. The van der Waals surface area contributed by atoms with Crippen molar-refractivity contribution in [2.75, 3.05) is 39.0 Å². The van der Waals surface area contributed by atoms with Crippen LogP contribution in [0.4, 0.5) is 5.82 Å². The summed E-state index contributed by atoms with van der Waals surface area (Å²) in [4.78, 5) is 17.2. The van der Waals surface area contributed by atoms with Gasteiger partial charge in [0.1, 0.15) is 30.2 Å². The third-order valence-corrected chi connectivity index (χ3v) is 6.52. The quantitative estimate of drug-likeness (QED) is 0.618. The number of likely N-dealkylation sites (tertiary alicyclic amines) is 2. The van der Waals surface area contributed by atoms with Gasteiger partial charge in [0.25, 0.3) is 0 Å². The lowest BCUT2D eigenvalue weighted by molar-refractivity contribution is -0.104. The fraction of sp³-hybridized carbons (Fsp3) is 0.722. The Hall–Kier alpha value is -1.85. The molecule has 0 radical (unpaired) electrons. The highest BCUT2D eigenvalue weighted by Gasteiger charge is 2.51. The molecule has 10 heteroatoms. The summed E-state index contributed by atoms with van der Waals surface area (Å²) in [5, 5.41) is 21.4. The maximum Gasteiger partial charge on any atom is 0.167 e. The highest BCUT2D eigenvalue weighted by Crippen LogP contribution is 2.38. The van der Waals surface area contributed by atoms with Crippen LogP contribution in [0.1, 0.15) is 25.5 Å². The first-order valence-corrected chi connectivity index (χ1v) is 9.87. The smallest absolute Gasteiger partial charge is 0.167 e. The van der Waals surface area contributed by atoms with Crippen molar-refractivity contribution < 1.29 is 14.9 Å². The van der Waals surface area contributed by atoms with Crippen LogP contribution in [0.2, 0.25) is 0 Å². The number of aliphatic hydroxyl groups is 2. The van der Waals surface area contributed by atoms with E-state index < -0.39 is 24.5 Å². The highest BCUT2D eigenvalue weighted by atomic mass is 16.6. The van der Waals surface area contributed by atoms with Crippen LogP contribution in [0, 0.1) is 0 Å². The maximum atomic E-state index is 10.7. The van der Waals surface area contributed by atoms with Crippen molar-refractivity contribution in [3.63, 3.8) is 0 Å². The zero-order chi connectivity index (χ0) is 19.5. The summed E-state index contributed by atoms with van der Waals surface area (Å²) in [6.07, 6.45) is 3.18. The van der Waals surface area contributed by atoms with Crippen LogP contribution in [0.5, 0.6) is 0 Å². The maximum absolute atomic E-state index is 10.7. The third-order valence-electron chi connectivity index (χ3n) is 6.52. The molecule has 3 aliphatic rings. The average molecular weight is 389 g/mol. The molecule has 0 aromatic carbocycles. The Balaban J connectivity index is 1.37. The Morgan fingerprint density at radius 3 is 2.82 bits per heavy atom. The molecule has 28 heavy (non-hydrogen) atoms. The van der Waals surface area contributed by atoms with Gasteiger partial charge in [0.15, 0.2) is 17.7 Å². The van der Waals surface area contributed by atoms with Gasteiger partial charge in [0.2, 0.25) is 0 Å². The number of imidazole rings is 1. The number of rotatable bonds is 3. The molecule has 0 bridgehead atoms. The van der Waals surface area contributed by atoms with E-state index in [1.165, 1.54) is 25.5 Å². The number of nitrogens with zero attached hydrogens (tertiary/aromatic N) is 6. The number of ether oxygens (including phenoxy) is 1. The number of fused-ring (bicyclic) bond motifs is 1. The number of aliphatic hydroxyl groups excluding tert-OH is 2. The van der Waals surface area contributed by atoms with Crippen molar-refractivity contribution in [3.8, 4) is 0 Å². The summed E-state index contributed by atoms with van der Waals surface area (Å²) in [6.45, 7) is 3.69. The number of aromatic nitrogens is 4. The number of piperidine rings is 1. The van der Waals surface area contributed by atoms with Crippen molar-refractivity contribution >= 4 is 17.0 Å². The lowest BCUT2D eigenvalue weighted by Crippen LogP contribution is -2.71. The van der Waals surface area contributed by atoms with E-state index in [0.717, 1.165) is 26.1 Å². The van der Waals surface area contributed by atoms with Crippen LogP contribution < -0.4 is 5.73 Å². The summed E-state index contributed by atoms with van der Waals surface area (Å²) in [5.41, 5.74) is 6.98. The van der Waals surface area contributed by atoms with E-state index in [1.807, 2.05) is 0 Å². The number of nitrogens with two attached hydrogens (primary N) is 1. The van der Waals surface area contributed by atoms with Crippen molar-refractivity contribution in [1.82, 2.24) is 29.3 Å². The molecule has 10 nitrogen and oxygen atoms in total. The largest absolute Gasteiger partial charge is 0.387 e. The molecule has 3 saturated heterocycles. The Morgan fingerprint density at radius 1 is 1.21 bits per heavy atom. The standard InChI is InChI=1S/C18H27N7O3/c1-23-7-18(8-23)4-2-3-5-24(18)6-11-13(26)14(27)17(28-11)25-10-22-12-15(19)20-9-21-16(12)25/h9-11,13-14,17,26-27H,2-8H2,1H3,(H2,19,20,21)/t11-,13-,14-,17-/m1/s1. The second-order valence-corrected chi connectivity index (χ2v) is 8.43. The molecule has 152 valence electrons. The first-order valence-electron chi connectivity index (χ1n) is 9.87. The van der Waals surface area contributed by atoms with Crippen LogP contribution in [0.3, 0.4) is 0 Å². The van der Waals surface area contributed by atoms with Gasteiger partial charge in [-0.15, -0.1) is 0 Å². The molecule has 4 atom stereocenters. The zero-order valence-electron chi connectivity index (χ0n) is 16.0. The molecule has 0 unspecified atom stereocenters. The van der Waals surface area contributed by atoms with E-state index in [4.69, 9.17) is 10.5 Å². The summed E-state index contributed by atoms with van der Waals surface area (Å²) < 4.78 is 7.77. The van der Waals surface area contributed by atoms with E-state index in [0.29, 0.717) is 17.7 Å². The molecule has 4 N–H and O–H groups in total. The molecule has 2 aromatic heterocycles. The fourth-order valence-corrected chi connectivity index (χ4v) is 5.14. The Morgan fingerprint density at radius 2 is 2.04 bits per heavy atom. The van der Waals surface area contributed by atoms with Gasteiger partial charge in [-0.3, -0.25) is 9.47 Å². The summed E-state index contributed by atoms with van der Waals surface area (Å²) in [6, 6.07) is 0. The van der Waals surface area contributed by atoms with Crippen molar-refractivity contribution in [2.24, 2.45) is 0 Å². The van der Waals surface area contributed by atoms with Crippen molar-refractivity contribution in [1.29, 1.82) is 0 Å². The summed E-state index contributed by atoms with van der Waals surface area (Å²) in [5.74, 6) is 0.276. The van der Waals surface area contributed by atoms with E-state index in [-0.39, 0.29) is 11.4 Å². The molecular formula is C18H27N7O3. The van der Waals surface area contributed by atoms with Gasteiger partial charge in [0.05, 0.1) is 6.33 Å². The topological polar surface area (TPSA) is 126 Å². The average Bonchev–Trinajstić information content (AvgIpc) is 3.20. The predicted octanol–water partition coefficient (Wildman–Crippen LogP) is -0.802. The van der Waals surface area contributed by atoms with Crippen LogP contribution >= 0.6 is 0 Å². The minimum atomic E-state index is -1.07. The van der Waals surface area contributed by atoms with E-state index in [2.05, 4.69) is 31.8 Å². The van der Waals surface area contributed by atoms with Gasteiger partial charge in [-0.2, -0.15) is 0 Å². The van der Waals surface area contributed by atoms with E-state index in [1.54, 1.807) is 4.57 Å². The van der Waals surface area contributed by atoms with Crippen LogP contribution in [0.25, 0.3) is 11.2 Å². The van der Waals surface area contributed by atoms with Crippen molar-refractivity contribution in [2.45, 2.75) is 49.3 Å². The first kappa shape index (κ1) is 18.2. The first-order chi connectivity index (χ1) is 13.5. The Labute approximate surface area is 162 Å². The van der Waals surface area contributed by atoms with Gasteiger partial charge in [-0.25, -0.2) is 15.0 Å². The number of hydrogen-bond acceptors (Lipinski definition) is 9. The molecule has 2 aromatic rings. The Bertz CT molecular complexity index is 862. The molecular weight excluding hydrogens is 362 g/mol. The Kier molecular flexibility index (Phi) is 4.29. The molecule has 3 fully saturated rings. The minimum Gasteiger partial charge on any atom is -0.387 e.